The Kier molecular flexibility index (Phi) is 2.18. The van der Waals surface area contributed by atoms with Crippen molar-refractivity contribution >= 4 is 6.29 Å². The maximum atomic E-state index is 11.0. The van der Waals surface area contributed by atoms with Gasteiger partial charge in [0, 0.05) is 0 Å². The van der Waals surface area contributed by atoms with Gasteiger partial charge >= 0.3 is 0 Å². The molecule has 1 saturated heterocycles. The molecule has 2 aliphatic heterocycles. The van der Waals surface area contributed by atoms with E-state index in [-0.39, 0.29) is 12.9 Å². The van der Waals surface area contributed by atoms with Gasteiger partial charge in [-0.3, -0.25) is 4.79 Å². The van der Waals surface area contributed by atoms with Crippen molar-refractivity contribution in [3.05, 3.63) is 17.7 Å². The molecule has 0 radical (unpaired) electrons. The van der Waals surface area contributed by atoms with E-state index in [0.717, 1.165) is 12.9 Å². The van der Waals surface area contributed by atoms with E-state index in [0.29, 0.717) is 29.4 Å². The van der Waals surface area contributed by atoms with Crippen LogP contribution in [0.4, 0.5) is 0 Å². The molecule has 2 heterocycles. The average molecular weight is 222 g/mol. The number of fused-ring (bicyclic) bond motifs is 1. The minimum absolute atomic E-state index is 0.144. The predicted molar refractivity (Wildman–Crippen MR) is 53.2 cm³/mol. The number of hydrogen-bond acceptors (Lipinski definition) is 5. The second-order valence-electron chi connectivity index (χ2n) is 3.60. The number of carbonyl (C=O) groups is 1. The summed E-state index contributed by atoms with van der Waals surface area (Å²) in [7, 11) is 0. The molecule has 1 aromatic carbocycles. The molecule has 1 aromatic rings. The summed E-state index contributed by atoms with van der Waals surface area (Å²) in [5, 5.41) is 0. The van der Waals surface area contributed by atoms with Crippen LogP contribution in [0.25, 0.3) is 0 Å². The highest BCUT2D eigenvalue weighted by Crippen LogP contribution is 2.39. The van der Waals surface area contributed by atoms with Crippen LogP contribution in [0.1, 0.15) is 10.4 Å². The summed E-state index contributed by atoms with van der Waals surface area (Å²) in [4.78, 5) is 11.0. The number of aldehydes is 1. The van der Waals surface area contributed by atoms with Crippen LogP contribution >= 0.6 is 0 Å². The Bertz CT molecular complexity index is 425. The quantitative estimate of drug-likeness (QED) is 0.562. The van der Waals surface area contributed by atoms with Gasteiger partial charge in [-0.2, -0.15) is 0 Å². The zero-order chi connectivity index (χ0) is 11.0. The first-order valence-electron chi connectivity index (χ1n) is 5.00. The van der Waals surface area contributed by atoms with Crippen molar-refractivity contribution in [2.75, 3.05) is 20.0 Å². The van der Waals surface area contributed by atoms with Gasteiger partial charge in [0.05, 0.1) is 6.61 Å². The van der Waals surface area contributed by atoms with Crippen LogP contribution in [-0.2, 0) is 4.74 Å². The number of carbonyl (C=O) groups excluding carboxylic acids is 1. The standard InChI is InChI=1S/C11H10O5/c12-3-8-9(14-5-7-4-13-7)1-2-10-11(8)16-6-15-10/h1-3,7H,4-6H2/t7-/m1/s1. The molecule has 5 nitrogen and oxygen atoms in total. The van der Waals surface area contributed by atoms with Crippen LogP contribution in [0.15, 0.2) is 12.1 Å². The second-order valence-corrected chi connectivity index (χ2v) is 3.60. The van der Waals surface area contributed by atoms with E-state index in [2.05, 4.69) is 0 Å². The first-order chi connectivity index (χ1) is 7.88. The molecule has 0 bridgehead atoms. The lowest BCUT2D eigenvalue weighted by Crippen LogP contribution is -2.06. The second kappa shape index (κ2) is 3.68. The fraction of sp³-hybridized carbons (Fsp3) is 0.364. The van der Waals surface area contributed by atoms with Gasteiger partial charge in [-0.25, -0.2) is 0 Å². The van der Waals surface area contributed by atoms with E-state index >= 15 is 0 Å². The lowest BCUT2D eigenvalue weighted by atomic mass is 10.2. The minimum atomic E-state index is 0.144. The van der Waals surface area contributed by atoms with Crippen LogP contribution in [-0.4, -0.2) is 32.4 Å². The predicted octanol–water partition coefficient (Wildman–Crippen LogP) is 1.01. The van der Waals surface area contributed by atoms with E-state index < -0.39 is 0 Å². The van der Waals surface area contributed by atoms with Crippen molar-refractivity contribution in [3.8, 4) is 17.2 Å². The fourth-order valence-corrected chi connectivity index (χ4v) is 1.56. The first-order valence-corrected chi connectivity index (χ1v) is 5.00. The van der Waals surface area contributed by atoms with Crippen LogP contribution in [0.2, 0.25) is 0 Å². The summed E-state index contributed by atoms with van der Waals surface area (Å²) in [6.07, 6.45) is 0.876. The molecule has 0 N–H and O–H groups in total. The molecule has 0 saturated carbocycles. The average Bonchev–Trinajstić information content (AvgIpc) is 3.01. The Labute approximate surface area is 91.9 Å². The highest BCUT2D eigenvalue weighted by atomic mass is 16.7. The molecule has 0 spiro atoms. The third-order valence-electron chi connectivity index (χ3n) is 2.48. The van der Waals surface area contributed by atoms with Gasteiger partial charge in [0.2, 0.25) is 6.79 Å². The van der Waals surface area contributed by atoms with Crippen LogP contribution in [0.3, 0.4) is 0 Å². The van der Waals surface area contributed by atoms with Crippen molar-refractivity contribution < 1.29 is 23.7 Å². The molecule has 2 aliphatic rings. The van der Waals surface area contributed by atoms with Gasteiger partial charge in [0.25, 0.3) is 0 Å². The summed E-state index contributed by atoms with van der Waals surface area (Å²) in [5.74, 6) is 1.55. The van der Waals surface area contributed by atoms with Crippen LogP contribution in [0, 0.1) is 0 Å². The summed E-state index contributed by atoms with van der Waals surface area (Å²) in [6, 6.07) is 3.44. The summed E-state index contributed by atoms with van der Waals surface area (Å²) < 4.78 is 20.9. The smallest absolute Gasteiger partial charge is 0.231 e. The molecule has 0 amide bonds. The summed E-state index contributed by atoms with van der Waals surface area (Å²) in [6.45, 7) is 1.33. The minimum Gasteiger partial charge on any atom is -0.490 e. The van der Waals surface area contributed by atoms with E-state index in [1.807, 2.05) is 0 Å². The van der Waals surface area contributed by atoms with E-state index in [4.69, 9.17) is 18.9 Å². The molecule has 0 aromatic heterocycles. The van der Waals surface area contributed by atoms with Gasteiger partial charge in [0.1, 0.15) is 24.0 Å². The van der Waals surface area contributed by atoms with Crippen molar-refractivity contribution in [2.24, 2.45) is 0 Å². The first kappa shape index (κ1) is 9.47. The Morgan fingerprint density at radius 2 is 2.31 bits per heavy atom. The summed E-state index contributed by atoms with van der Waals surface area (Å²) >= 11 is 0. The largest absolute Gasteiger partial charge is 0.490 e. The Morgan fingerprint density at radius 3 is 3.06 bits per heavy atom. The highest BCUT2D eigenvalue weighted by molar-refractivity contribution is 5.85. The number of rotatable bonds is 4. The molecular weight excluding hydrogens is 212 g/mol. The maximum absolute atomic E-state index is 11.0. The highest BCUT2D eigenvalue weighted by Gasteiger charge is 2.25. The third kappa shape index (κ3) is 1.59. The molecule has 84 valence electrons. The number of ether oxygens (including phenoxy) is 4. The summed E-state index contributed by atoms with van der Waals surface area (Å²) in [5.41, 5.74) is 0.399. The van der Waals surface area contributed by atoms with Crippen molar-refractivity contribution in [1.82, 2.24) is 0 Å². The molecule has 3 rings (SSSR count). The Hall–Kier alpha value is -1.75. The van der Waals surface area contributed by atoms with Gasteiger partial charge in [-0.05, 0) is 12.1 Å². The number of hydrogen-bond donors (Lipinski definition) is 0. The monoisotopic (exact) mass is 222 g/mol. The normalized spacial score (nSPS) is 20.6. The van der Waals surface area contributed by atoms with Gasteiger partial charge in [-0.15, -0.1) is 0 Å². The van der Waals surface area contributed by atoms with Crippen molar-refractivity contribution in [3.63, 3.8) is 0 Å². The van der Waals surface area contributed by atoms with Gasteiger partial charge in [0.15, 0.2) is 17.8 Å². The lowest BCUT2D eigenvalue weighted by Gasteiger charge is -2.08. The SMILES string of the molecule is O=Cc1c(OC[C@H]2CO2)ccc2c1OCO2. The number of epoxide rings is 1. The molecule has 16 heavy (non-hydrogen) atoms. The fourth-order valence-electron chi connectivity index (χ4n) is 1.56. The Morgan fingerprint density at radius 1 is 1.44 bits per heavy atom. The third-order valence-corrected chi connectivity index (χ3v) is 2.48. The van der Waals surface area contributed by atoms with Crippen LogP contribution < -0.4 is 14.2 Å². The molecule has 1 fully saturated rings. The molecule has 0 aliphatic carbocycles. The maximum Gasteiger partial charge on any atom is 0.231 e. The zero-order valence-corrected chi connectivity index (χ0v) is 8.47. The van der Waals surface area contributed by atoms with Crippen molar-refractivity contribution in [2.45, 2.75) is 6.10 Å². The van der Waals surface area contributed by atoms with Crippen molar-refractivity contribution in [1.29, 1.82) is 0 Å². The van der Waals surface area contributed by atoms with E-state index in [1.165, 1.54) is 0 Å². The van der Waals surface area contributed by atoms with Gasteiger partial charge < -0.3 is 18.9 Å². The van der Waals surface area contributed by atoms with E-state index in [9.17, 15) is 4.79 Å². The zero-order valence-electron chi connectivity index (χ0n) is 8.47. The Balaban J connectivity index is 1.88. The van der Waals surface area contributed by atoms with Crippen LogP contribution in [0.5, 0.6) is 17.2 Å². The molecule has 0 unspecified atom stereocenters. The van der Waals surface area contributed by atoms with E-state index in [1.54, 1.807) is 12.1 Å². The topological polar surface area (TPSA) is 57.3 Å². The van der Waals surface area contributed by atoms with Gasteiger partial charge in [-0.1, -0.05) is 0 Å². The molecular formula is C11H10O5. The number of benzene rings is 1. The lowest BCUT2D eigenvalue weighted by molar-refractivity contribution is 0.111. The molecule has 5 heteroatoms. The molecule has 1 atom stereocenters.